The molecular formula is C17H28ClN3O3. The van der Waals surface area contributed by atoms with Crippen LogP contribution in [0.2, 0.25) is 5.02 Å². The van der Waals surface area contributed by atoms with Crippen molar-refractivity contribution in [3.05, 3.63) is 28.8 Å². The Balaban J connectivity index is 2.50. The Morgan fingerprint density at radius 1 is 1.21 bits per heavy atom. The number of aliphatic hydroxyl groups excluding tert-OH is 1. The van der Waals surface area contributed by atoms with Gasteiger partial charge in [0.1, 0.15) is 5.75 Å². The number of rotatable bonds is 10. The first-order valence-corrected chi connectivity index (χ1v) is 8.44. The monoisotopic (exact) mass is 357 g/mol. The number of carbonyl (C=O) groups excluding carboxylic acids is 1. The quantitative estimate of drug-likeness (QED) is 0.475. The van der Waals surface area contributed by atoms with Crippen molar-refractivity contribution in [1.29, 1.82) is 0 Å². The Morgan fingerprint density at radius 2 is 1.92 bits per heavy atom. The fraction of sp³-hybridized carbons (Fsp3) is 0.588. The zero-order chi connectivity index (χ0) is 18.0. The van der Waals surface area contributed by atoms with Gasteiger partial charge in [-0.15, -0.1) is 0 Å². The standard InChI is InChI=1S/C17H28ClN3O3/c1-17(2,3)21-16(23)12-24-15-5-4-14(18)10-13(15)11-20-7-6-19-8-9-22/h4-5,10,19-20,22H,6-9,11-12H2,1-3H3,(H,21,23). The van der Waals surface area contributed by atoms with Crippen molar-refractivity contribution in [3.8, 4) is 5.75 Å². The number of nitrogens with one attached hydrogen (secondary N) is 3. The third-order valence-corrected chi connectivity index (χ3v) is 3.21. The Bertz CT molecular complexity index is 518. The molecule has 0 fully saturated rings. The van der Waals surface area contributed by atoms with Crippen molar-refractivity contribution < 1.29 is 14.6 Å². The topological polar surface area (TPSA) is 82.6 Å². The molecule has 0 aromatic heterocycles. The van der Waals surface area contributed by atoms with Gasteiger partial charge in [-0.05, 0) is 39.0 Å². The highest BCUT2D eigenvalue weighted by molar-refractivity contribution is 6.30. The summed E-state index contributed by atoms with van der Waals surface area (Å²) in [4.78, 5) is 11.9. The molecule has 1 aromatic carbocycles. The van der Waals surface area contributed by atoms with E-state index < -0.39 is 0 Å². The summed E-state index contributed by atoms with van der Waals surface area (Å²) in [6.45, 7) is 8.52. The van der Waals surface area contributed by atoms with Crippen LogP contribution in [0.4, 0.5) is 0 Å². The second-order valence-corrected chi connectivity index (χ2v) is 6.93. The Kier molecular flexibility index (Phi) is 9.07. The average molecular weight is 358 g/mol. The highest BCUT2D eigenvalue weighted by Crippen LogP contribution is 2.22. The number of carbonyl (C=O) groups is 1. The zero-order valence-electron chi connectivity index (χ0n) is 14.6. The van der Waals surface area contributed by atoms with Gasteiger partial charge in [0.2, 0.25) is 0 Å². The van der Waals surface area contributed by atoms with Gasteiger partial charge in [-0.2, -0.15) is 0 Å². The van der Waals surface area contributed by atoms with E-state index in [-0.39, 0.29) is 24.7 Å². The highest BCUT2D eigenvalue weighted by Gasteiger charge is 2.14. The van der Waals surface area contributed by atoms with Gasteiger partial charge < -0.3 is 25.8 Å². The van der Waals surface area contributed by atoms with Gasteiger partial charge in [-0.3, -0.25) is 4.79 Å². The highest BCUT2D eigenvalue weighted by atomic mass is 35.5. The first-order valence-electron chi connectivity index (χ1n) is 8.06. The van der Waals surface area contributed by atoms with Crippen LogP contribution in [0.25, 0.3) is 0 Å². The summed E-state index contributed by atoms with van der Waals surface area (Å²) in [6.07, 6.45) is 0. The molecule has 0 bridgehead atoms. The van der Waals surface area contributed by atoms with Crippen molar-refractivity contribution in [1.82, 2.24) is 16.0 Å². The Hall–Kier alpha value is -1.34. The summed E-state index contributed by atoms with van der Waals surface area (Å²) in [5.74, 6) is 0.476. The molecule has 0 unspecified atom stereocenters. The van der Waals surface area contributed by atoms with Crippen LogP contribution < -0.4 is 20.7 Å². The van der Waals surface area contributed by atoms with E-state index in [1.807, 2.05) is 26.8 Å². The molecular weight excluding hydrogens is 330 g/mol. The van der Waals surface area contributed by atoms with E-state index >= 15 is 0 Å². The minimum absolute atomic E-state index is 0.0377. The first kappa shape index (κ1) is 20.7. The first-order chi connectivity index (χ1) is 11.3. The van der Waals surface area contributed by atoms with E-state index in [1.54, 1.807) is 12.1 Å². The zero-order valence-corrected chi connectivity index (χ0v) is 15.4. The molecule has 0 aliphatic rings. The predicted molar refractivity (Wildman–Crippen MR) is 96.5 cm³/mol. The molecule has 0 saturated heterocycles. The molecule has 4 N–H and O–H groups in total. The number of aliphatic hydroxyl groups is 1. The van der Waals surface area contributed by atoms with Crippen molar-refractivity contribution in [2.75, 3.05) is 32.8 Å². The smallest absolute Gasteiger partial charge is 0.258 e. The lowest BCUT2D eigenvalue weighted by Gasteiger charge is -2.21. The third kappa shape index (κ3) is 9.08. The maximum absolute atomic E-state index is 11.9. The molecule has 0 spiro atoms. The number of amides is 1. The summed E-state index contributed by atoms with van der Waals surface area (Å²) < 4.78 is 5.64. The summed E-state index contributed by atoms with van der Waals surface area (Å²) in [7, 11) is 0. The molecule has 6 nitrogen and oxygen atoms in total. The second kappa shape index (κ2) is 10.5. The lowest BCUT2D eigenvalue weighted by Crippen LogP contribution is -2.43. The molecule has 1 aromatic rings. The van der Waals surface area contributed by atoms with E-state index in [4.69, 9.17) is 21.4 Å². The molecule has 0 saturated carbocycles. The van der Waals surface area contributed by atoms with Crippen molar-refractivity contribution in [2.24, 2.45) is 0 Å². The maximum Gasteiger partial charge on any atom is 0.258 e. The lowest BCUT2D eigenvalue weighted by atomic mass is 10.1. The van der Waals surface area contributed by atoms with Gasteiger partial charge in [-0.25, -0.2) is 0 Å². The van der Waals surface area contributed by atoms with Gasteiger partial charge in [0.25, 0.3) is 5.91 Å². The SMILES string of the molecule is CC(C)(C)NC(=O)COc1ccc(Cl)cc1CNCCNCCO. The van der Waals surface area contributed by atoms with Crippen LogP contribution in [0.1, 0.15) is 26.3 Å². The summed E-state index contributed by atoms with van der Waals surface area (Å²) in [6, 6.07) is 5.34. The molecule has 136 valence electrons. The lowest BCUT2D eigenvalue weighted by molar-refractivity contribution is -0.124. The van der Waals surface area contributed by atoms with Crippen molar-refractivity contribution >= 4 is 17.5 Å². The third-order valence-electron chi connectivity index (χ3n) is 2.98. The summed E-state index contributed by atoms with van der Waals surface area (Å²) in [5, 5.41) is 18.5. The van der Waals surface area contributed by atoms with Gasteiger partial charge >= 0.3 is 0 Å². The average Bonchev–Trinajstić information content (AvgIpc) is 2.48. The molecule has 24 heavy (non-hydrogen) atoms. The number of ether oxygens (including phenoxy) is 1. The Labute approximate surface area is 148 Å². The van der Waals surface area contributed by atoms with Gasteiger partial charge in [0.05, 0.1) is 6.61 Å². The van der Waals surface area contributed by atoms with Crippen molar-refractivity contribution in [2.45, 2.75) is 32.9 Å². The summed E-state index contributed by atoms with van der Waals surface area (Å²) >= 11 is 6.05. The molecule has 1 rings (SSSR count). The number of benzene rings is 1. The number of hydrogen-bond donors (Lipinski definition) is 4. The number of halogens is 1. The second-order valence-electron chi connectivity index (χ2n) is 6.49. The molecule has 0 aliphatic carbocycles. The fourth-order valence-corrected chi connectivity index (χ4v) is 2.22. The molecule has 0 radical (unpaired) electrons. The fourth-order valence-electron chi connectivity index (χ4n) is 2.03. The van der Waals surface area contributed by atoms with E-state index in [1.165, 1.54) is 0 Å². The molecule has 0 atom stereocenters. The van der Waals surface area contributed by atoms with E-state index in [0.717, 1.165) is 18.7 Å². The predicted octanol–water partition coefficient (Wildman–Crippen LogP) is 1.30. The van der Waals surface area contributed by atoms with Crippen LogP contribution in [-0.4, -0.2) is 49.4 Å². The van der Waals surface area contributed by atoms with Crippen LogP contribution in [0.15, 0.2) is 18.2 Å². The minimum atomic E-state index is -0.285. The van der Waals surface area contributed by atoms with Crippen molar-refractivity contribution in [3.63, 3.8) is 0 Å². The molecule has 0 heterocycles. The van der Waals surface area contributed by atoms with Crippen LogP contribution in [0.3, 0.4) is 0 Å². The van der Waals surface area contributed by atoms with E-state index in [2.05, 4.69) is 16.0 Å². The van der Waals surface area contributed by atoms with Gasteiger partial charge in [0, 0.05) is 42.3 Å². The number of hydrogen-bond acceptors (Lipinski definition) is 5. The van der Waals surface area contributed by atoms with Crippen LogP contribution in [-0.2, 0) is 11.3 Å². The van der Waals surface area contributed by atoms with E-state index in [9.17, 15) is 4.79 Å². The van der Waals surface area contributed by atoms with E-state index in [0.29, 0.717) is 23.9 Å². The molecule has 1 amide bonds. The van der Waals surface area contributed by atoms with Gasteiger partial charge in [0.15, 0.2) is 6.61 Å². The van der Waals surface area contributed by atoms with Crippen LogP contribution >= 0.6 is 11.6 Å². The van der Waals surface area contributed by atoms with Crippen LogP contribution in [0.5, 0.6) is 5.75 Å². The normalized spacial score (nSPS) is 11.4. The molecule has 7 heteroatoms. The molecule has 0 aliphatic heterocycles. The minimum Gasteiger partial charge on any atom is -0.483 e. The Morgan fingerprint density at radius 3 is 2.58 bits per heavy atom. The largest absolute Gasteiger partial charge is 0.483 e. The van der Waals surface area contributed by atoms with Crippen LogP contribution in [0, 0.1) is 0 Å². The van der Waals surface area contributed by atoms with Gasteiger partial charge in [-0.1, -0.05) is 11.6 Å². The maximum atomic E-state index is 11.9. The summed E-state index contributed by atoms with van der Waals surface area (Å²) in [5.41, 5.74) is 0.611.